The lowest BCUT2D eigenvalue weighted by molar-refractivity contribution is -0.141. The molecule has 0 bridgehead atoms. The first-order valence-corrected chi connectivity index (χ1v) is 9.27. The molecule has 0 aliphatic rings. The lowest BCUT2D eigenvalue weighted by atomic mass is 10.2. The van der Waals surface area contributed by atoms with Crippen LogP contribution in [-0.4, -0.2) is 31.4 Å². The molecule has 2 aromatic heterocycles. The van der Waals surface area contributed by atoms with E-state index in [1.54, 1.807) is 10.9 Å². The van der Waals surface area contributed by atoms with E-state index in [-0.39, 0.29) is 21.7 Å². The molecule has 0 saturated carbocycles. The van der Waals surface area contributed by atoms with Crippen molar-refractivity contribution in [1.29, 1.82) is 0 Å². The Labute approximate surface area is 167 Å². The van der Waals surface area contributed by atoms with E-state index in [1.807, 2.05) is 30.3 Å². The van der Waals surface area contributed by atoms with Gasteiger partial charge in [-0.1, -0.05) is 53.7 Å². The van der Waals surface area contributed by atoms with Gasteiger partial charge in [0.05, 0.1) is 12.3 Å². The highest BCUT2D eigenvalue weighted by molar-refractivity contribution is 7.99. The van der Waals surface area contributed by atoms with Gasteiger partial charge in [0, 0.05) is 12.4 Å². The Morgan fingerprint density at radius 3 is 2.68 bits per heavy atom. The van der Waals surface area contributed by atoms with E-state index < -0.39 is 17.8 Å². The van der Waals surface area contributed by atoms with Crippen LogP contribution in [0.5, 0.6) is 0 Å². The van der Waals surface area contributed by atoms with E-state index in [0.29, 0.717) is 6.54 Å². The van der Waals surface area contributed by atoms with Crippen molar-refractivity contribution in [2.24, 2.45) is 0 Å². The first kappa shape index (κ1) is 20.2. The minimum absolute atomic E-state index is 0.148. The standard InChI is InChI=1S/C17H13ClF3N5OS/c18-12-9-26(8-11-4-2-1-3-5-11)25-15(12)24-14(27)10-28-16-22-7-6-13(23-16)17(19,20)21/h1-7,9H,8,10H2,(H,24,25,27). The molecule has 146 valence electrons. The fourth-order valence-corrected chi connectivity index (χ4v) is 3.03. The third-order valence-electron chi connectivity index (χ3n) is 3.42. The van der Waals surface area contributed by atoms with E-state index in [2.05, 4.69) is 20.4 Å². The molecular formula is C17H13ClF3N5OS. The highest BCUT2D eigenvalue weighted by Gasteiger charge is 2.32. The van der Waals surface area contributed by atoms with Crippen LogP contribution in [-0.2, 0) is 17.5 Å². The van der Waals surface area contributed by atoms with Crippen molar-refractivity contribution in [2.45, 2.75) is 17.9 Å². The highest BCUT2D eigenvalue weighted by atomic mass is 35.5. The van der Waals surface area contributed by atoms with Crippen LogP contribution in [0.3, 0.4) is 0 Å². The van der Waals surface area contributed by atoms with E-state index in [1.165, 1.54) is 0 Å². The summed E-state index contributed by atoms with van der Waals surface area (Å²) in [6, 6.07) is 10.3. The third-order valence-corrected chi connectivity index (χ3v) is 4.56. The van der Waals surface area contributed by atoms with Crippen molar-refractivity contribution in [3.63, 3.8) is 0 Å². The van der Waals surface area contributed by atoms with Crippen LogP contribution in [0.25, 0.3) is 0 Å². The Morgan fingerprint density at radius 1 is 1.21 bits per heavy atom. The molecule has 1 aromatic carbocycles. The van der Waals surface area contributed by atoms with Crippen molar-refractivity contribution >= 4 is 35.1 Å². The van der Waals surface area contributed by atoms with Gasteiger partial charge in [0.15, 0.2) is 11.0 Å². The van der Waals surface area contributed by atoms with E-state index in [9.17, 15) is 18.0 Å². The molecule has 0 fully saturated rings. The smallest absolute Gasteiger partial charge is 0.307 e. The molecule has 3 aromatic rings. The molecule has 0 unspecified atom stereocenters. The number of alkyl halides is 3. The Balaban J connectivity index is 1.58. The number of carbonyl (C=O) groups excluding carboxylic acids is 1. The molecule has 2 heterocycles. The summed E-state index contributed by atoms with van der Waals surface area (Å²) in [4.78, 5) is 19.2. The van der Waals surface area contributed by atoms with Crippen molar-refractivity contribution in [1.82, 2.24) is 19.7 Å². The van der Waals surface area contributed by atoms with Crippen LogP contribution < -0.4 is 5.32 Å². The van der Waals surface area contributed by atoms with Gasteiger partial charge < -0.3 is 5.32 Å². The van der Waals surface area contributed by atoms with Crippen LogP contribution in [0.15, 0.2) is 53.9 Å². The summed E-state index contributed by atoms with van der Waals surface area (Å²) < 4.78 is 39.5. The molecule has 3 rings (SSSR count). The Morgan fingerprint density at radius 2 is 1.96 bits per heavy atom. The monoisotopic (exact) mass is 427 g/mol. The largest absolute Gasteiger partial charge is 0.433 e. The predicted octanol–water partition coefficient (Wildman–Crippen LogP) is 4.12. The number of hydrogen-bond acceptors (Lipinski definition) is 5. The molecule has 0 radical (unpaired) electrons. The lowest BCUT2D eigenvalue weighted by Crippen LogP contribution is -2.16. The first-order chi connectivity index (χ1) is 13.3. The lowest BCUT2D eigenvalue weighted by Gasteiger charge is -2.06. The number of amides is 1. The van der Waals surface area contributed by atoms with Gasteiger partial charge in [-0.05, 0) is 11.6 Å². The van der Waals surface area contributed by atoms with Crippen molar-refractivity contribution in [3.8, 4) is 0 Å². The minimum atomic E-state index is -4.57. The topological polar surface area (TPSA) is 72.7 Å². The van der Waals surface area contributed by atoms with Gasteiger partial charge in [-0.25, -0.2) is 9.97 Å². The average molecular weight is 428 g/mol. The maximum atomic E-state index is 12.7. The third kappa shape index (κ3) is 5.46. The van der Waals surface area contributed by atoms with Gasteiger partial charge in [-0.3, -0.25) is 9.48 Å². The van der Waals surface area contributed by atoms with Gasteiger partial charge in [-0.15, -0.1) is 0 Å². The fourth-order valence-electron chi connectivity index (χ4n) is 2.20. The van der Waals surface area contributed by atoms with Gasteiger partial charge in [0.25, 0.3) is 0 Å². The molecule has 0 spiro atoms. The van der Waals surface area contributed by atoms with Crippen LogP contribution in [0, 0.1) is 0 Å². The van der Waals surface area contributed by atoms with Crippen molar-refractivity contribution < 1.29 is 18.0 Å². The van der Waals surface area contributed by atoms with Gasteiger partial charge in [-0.2, -0.15) is 18.3 Å². The number of thioether (sulfide) groups is 1. The number of nitrogens with zero attached hydrogens (tertiary/aromatic N) is 4. The van der Waals surface area contributed by atoms with Crippen LogP contribution >= 0.6 is 23.4 Å². The zero-order valence-electron chi connectivity index (χ0n) is 14.2. The molecule has 6 nitrogen and oxygen atoms in total. The number of anilines is 1. The maximum Gasteiger partial charge on any atom is 0.433 e. The normalized spacial score (nSPS) is 11.4. The van der Waals surface area contributed by atoms with Crippen molar-refractivity contribution in [2.75, 3.05) is 11.1 Å². The molecule has 0 atom stereocenters. The van der Waals surface area contributed by atoms with E-state index in [4.69, 9.17) is 11.6 Å². The molecule has 0 saturated heterocycles. The maximum absolute atomic E-state index is 12.7. The number of rotatable bonds is 6. The Kier molecular flexibility index (Phi) is 6.20. The second-order valence-corrected chi connectivity index (χ2v) is 6.92. The molecule has 0 aliphatic heterocycles. The summed E-state index contributed by atoms with van der Waals surface area (Å²) in [5.74, 6) is -0.505. The Bertz CT molecular complexity index is 965. The Hall–Kier alpha value is -2.59. The second kappa shape index (κ2) is 8.61. The van der Waals surface area contributed by atoms with Gasteiger partial charge in [0.2, 0.25) is 5.91 Å². The summed E-state index contributed by atoms with van der Waals surface area (Å²) in [5.41, 5.74) is -0.0510. The number of hydrogen-bond donors (Lipinski definition) is 1. The summed E-state index contributed by atoms with van der Waals surface area (Å²) in [7, 11) is 0. The number of carbonyl (C=O) groups is 1. The molecule has 1 N–H and O–H groups in total. The number of halogens is 4. The highest BCUT2D eigenvalue weighted by Crippen LogP contribution is 2.28. The average Bonchev–Trinajstić information content (AvgIpc) is 2.99. The van der Waals surface area contributed by atoms with E-state index >= 15 is 0 Å². The van der Waals surface area contributed by atoms with Crippen LogP contribution in [0.1, 0.15) is 11.3 Å². The van der Waals surface area contributed by atoms with Gasteiger partial charge >= 0.3 is 6.18 Å². The van der Waals surface area contributed by atoms with Crippen LogP contribution in [0.2, 0.25) is 5.02 Å². The number of nitrogens with one attached hydrogen (secondary N) is 1. The predicted molar refractivity (Wildman–Crippen MR) is 99.2 cm³/mol. The fraction of sp³-hybridized carbons (Fsp3) is 0.176. The van der Waals surface area contributed by atoms with Crippen LogP contribution in [0.4, 0.5) is 19.0 Å². The first-order valence-electron chi connectivity index (χ1n) is 7.91. The zero-order valence-corrected chi connectivity index (χ0v) is 15.7. The minimum Gasteiger partial charge on any atom is -0.307 e. The van der Waals surface area contributed by atoms with Crippen molar-refractivity contribution in [3.05, 3.63) is 65.1 Å². The molecule has 11 heteroatoms. The molecular weight excluding hydrogens is 415 g/mol. The second-order valence-electron chi connectivity index (χ2n) is 5.57. The molecule has 28 heavy (non-hydrogen) atoms. The quantitative estimate of drug-likeness (QED) is 0.473. The number of aromatic nitrogens is 4. The number of benzene rings is 1. The molecule has 0 aliphatic carbocycles. The summed E-state index contributed by atoms with van der Waals surface area (Å²) in [5, 5.41) is 6.85. The molecule has 1 amide bonds. The summed E-state index contributed by atoms with van der Waals surface area (Å²) in [6.07, 6.45) is -2.00. The summed E-state index contributed by atoms with van der Waals surface area (Å²) >= 11 is 6.87. The summed E-state index contributed by atoms with van der Waals surface area (Å²) in [6.45, 7) is 0.475. The van der Waals surface area contributed by atoms with Gasteiger partial charge in [0.1, 0.15) is 10.7 Å². The van der Waals surface area contributed by atoms with E-state index in [0.717, 1.165) is 29.6 Å². The zero-order chi connectivity index (χ0) is 20.1. The SMILES string of the molecule is O=C(CSc1nccc(C(F)(F)F)n1)Nc1nn(Cc2ccccc2)cc1Cl.